The van der Waals surface area contributed by atoms with Gasteiger partial charge in [-0.15, -0.1) is 0 Å². The fraction of sp³-hybridized carbons (Fsp3) is 0.125. The van der Waals surface area contributed by atoms with Crippen molar-refractivity contribution in [3.63, 3.8) is 0 Å². The summed E-state index contributed by atoms with van der Waals surface area (Å²) in [7, 11) is 0. The first-order chi connectivity index (χ1) is 5.75. The number of hydrogen-bond acceptors (Lipinski definition) is 2. The molecule has 64 valence electrons. The Bertz CT molecular complexity index is 299. The Morgan fingerprint density at radius 3 is 2.92 bits per heavy atom. The number of halogens is 2. The van der Waals surface area contributed by atoms with Gasteiger partial charge in [0.25, 0.3) is 0 Å². The minimum absolute atomic E-state index is 0.331. The van der Waals surface area contributed by atoms with Crippen molar-refractivity contribution in [1.29, 1.82) is 0 Å². The smallest absolute Gasteiger partial charge is 0.148 e. The van der Waals surface area contributed by atoms with E-state index in [-0.39, 0.29) is 0 Å². The minimum atomic E-state index is 0.331. The van der Waals surface area contributed by atoms with Gasteiger partial charge in [-0.05, 0) is 11.6 Å². The molecule has 12 heavy (non-hydrogen) atoms. The van der Waals surface area contributed by atoms with Gasteiger partial charge in [0, 0.05) is 11.9 Å². The van der Waals surface area contributed by atoms with Crippen LogP contribution in [0, 0.1) is 0 Å². The van der Waals surface area contributed by atoms with Crippen molar-refractivity contribution >= 4 is 41.9 Å². The van der Waals surface area contributed by atoms with E-state index < -0.39 is 0 Å². The maximum Gasteiger partial charge on any atom is 0.148 e. The molecular formula is C8H7Cl2NS. The molecule has 0 spiro atoms. The Hall–Kier alpha value is -0.180. The van der Waals surface area contributed by atoms with Crippen LogP contribution in [0.3, 0.4) is 0 Å². The largest absolute Gasteiger partial charge is 0.243 e. The lowest BCUT2D eigenvalue weighted by molar-refractivity contribution is 1.32. The van der Waals surface area contributed by atoms with E-state index in [1.807, 2.05) is 12.2 Å². The molecule has 0 unspecified atom stereocenters. The van der Waals surface area contributed by atoms with Crippen molar-refractivity contribution in [1.82, 2.24) is 4.98 Å². The minimum Gasteiger partial charge on any atom is -0.243 e. The SMILES string of the molecule is SCC=Cc1ccnc(Cl)c1Cl. The van der Waals surface area contributed by atoms with Crippen molar-refractivity contribution in [3.05, 3.63) is 34.1 Å². The van der Waals surface area contributed by atoms with E-state index >= 15 is 0 Å². The Balaban J connectivity index is 3.00. The summed E-state index contributed by atoms with van der Waals surface area (Å²) in [6.07, 6.45) is 5.37. The van der Waals surface area contributed by atoms with Crippen LogP contribution in [0.1, 0.15) is 5.56 Å². The van der Waals surface area contributed by atoms with Gasteiger partial charge in [-0.3, -0.25) is 0 Å². The topological polar surface area (TPSA) is 12.9 Å². The maximum absolute atomic E-state index is 5.86. The second-order valence-corrected chi connectivity index (χ2v) is 3.19. The first-order valence-electron chi connectivity index (χ1n) is 3.33. The average Bonchev–Trinajstić information content (AvgIpc) is 2.08. The van der Waals surface area contributed by atoms with Gasteiger partial charge >= 0.3 is 0 Å². The molecule has 0 aliphatic carbocycles. The first-order valence-corrected chi connectivity index (χ1v) is 4.72. The molecule has 1 rings (SSSR count). The molecule has 1 nitrogen and oxygen atoms in total. The fourth-order valence-electron chi connectivity index (χ4n) is 0.740. The fourth-order valence-corrected chi connectivity index (χ4v) is 1.19. The molecule has 0 bridgehead atoms. The van der Waals surface area contributed by atoms with Crippen LogP contribution in [0.25, 0.3) is 6.08 Å². The quantitative estimate of drug-likeness (QED) is 0.595. The third-order valence-corrected chi connectivity index (χ3v) is 2.27. The molecule has 0 saturated heterocycles. The molecule has 0 saturated carbocycles. The molecule has 4 heteroatoms. The van der Waals surface area contributed by atoms with E-state index in [1.165, 1.54) is 0 Å². The Labute approximate surface area is 86.8 Å². The van der Waals surface area contributed by atoms with Crippen molar-refractivity contribution in [3.8, 4) is 0 Å². The van der Waals surface area contributed by atoms with Gasteiger partial charge < -0.3 is 0 Å². The summed E-state index contributed by atoms with van der Waals surface area (Å²) in [6.45, 7) is 0. The van der Waals surface area contributed by atoms with Gasteiger partial charge in [0.1, 0.15) is 5.15 Å². The summed E-state index contributed by atoms with van der Waals surface area (Å²) in [5.74, 6) is 0.677. The monoisotopic (exact) mass is 219 g/mol. The molecule has 1 aromatic rings. The second kappa shape index (κ2) is 4.75. The van der Waals surface area contributed by atoms with Gasteiger partial charge in [-0.2, -0.15) is 12.6 Å². The van der Waals surface area contributed by atoms with Gasteiger partial charge in [-0.25, -0.2) is 4.98 Å². The zero-order valence-electron chi connectivity index (χ0n) is 6.17. The third-order valence-electron chi connectivity index (χ3n) is 1.28. The van der Waals surface area contributed by atoms with Gasteiger partial charge in [0.2, 0.25) is 0 Å². The number of nitrogens with zero attached hydrogens (tertiary/aromatic N) is 1. The molecule has 1 aromatic heterocycles. The standard InChI is InChI=1S/C8H7Cl2NS/c9-7-6(2-1-5-12)3-4-11-8(7)10/h1-4,12H,5H2. The number of aromatic nitrogens is 1. The van der Waals surface area contributed by atoms with E-state index in [0.29, 0.717) is 15.9 Å². The van der Waals surface area contributed by atoms with Crippen LogP contribution in [-0.2, 0) is 0 Å². The van der Waals surface area contributed by atoms with Crippen LogP contribution >= 0.6 is 35.8 Å². The van der Waals surface area contributed by atoms with Crippen LogP contribution in [0.5, 0.6) is 0 Å². The highest BCUT2D eigenvalue weighted by atomic mass is 35.5. The third kappa shape index (κ3) is 2.41. The summed E-state index contributed by atoms with van der Waals surface area (Å²) in [5.41, 5.74) is 0.866. The molecule has 0 aromatic carbocycles. The molecule has 0 radical (unpaired) electrons. The van der Waals surface area contributed by atoms with Crippen LogP contribution in [0.15, 0.2) is 18.3 Å². The highest BCUT2D eigenvalue weighted by molar-refractivity contribution is 7.80. The molecular weight excluding hydrogens is 213 g/mol. The molecule has 0 atom stereocenters. The summed E-state index contributed by atoms with van der Waals surface area (Å²) in [4.78, 5) is 3.83. The first kappa shape index (κ1) is 9.90. The highest BCUT2D eigenvalue weighted by Gasteiger charge is 2.00. The van der Waals surface area contributed by atoms with E-state index in [4.69, 9.17) is 23.2 Å². The van der Waals surface area contributed by atoms with Gasteiger partial charge in [-0.1, -0.05) is 35.4 Å². The van der Waals surface area contributed by atoms with Crippen LogP contribution in [0.2, 0.25) is 10.2 Å². The molecule has 0 amide bonds. The maximum atomic E-state index is 5.86. The zero-order valence-corrected chi connectivity index (χ0v) is 8.57. The number of pyridine rings is 1. The van der Waals surface area contributed by atoms with Crippen molar-refractivity contribution < 1.29 is 0 Å². The predicted molar refractivity (Wildman–Crippen MR) is 57.1 cm³/mol. The number of hydrogen-bond donors (Lipinski definition) is 1. The number of rotatable bonds is 2. The summed E-state index contributed by atoms with van der Waals surface area (Å²) < 4.78 is 0. The zero-order chi connectivity index (χ0) is 8.97. The van der Waals surface area contributed by atoms with Crippen molar-refractivity contribution in [2.24, 2.45) is 0 Å². The lowest BCUT2D eigenvalue weighted by Crippen LogP contribution is -1.80. The Kier molecular flexibility index (Phi) is 3.92. The average molecular weight is 220 g/mol. The van der Waals surface area contributed by atoms with Gasteiger partial charge in [0.05, 0.1) is 5.02 Å². The van der Waals surface area contributed by atoms with E-state index in [9.17, 15) is 0 Å². The van der Waals surface area contributed by atoms with Crippen LogP contribution in [0.4, 0.5) is 0 Å². The molecule has 0 N–H and O–H groups in total. The van der Waals surface area contributed by atoms with Crippen LogP contribution in [-0.4, -0.2) is 10.7 Å². The van der Waals surface area contributed by atoms with Crippen molar-refractivity contribution in [2.75, 3.05) is 5.75 Å². The van der Waals surface area contributed by atoms with E-state index in [1.54, 1.807) is 12.3 Å². The lowest BCUT2D eigenvalue weighted by atomic mass is 10.2. The molecule has 0 fully saturated rings. The molecule has 0 aliphatic heterocycles. The summed E-state index contributed by atoms with van der Waals surface area (Å²) in [6, 6.07) is 1.80. The summed E-state index contributed by atoms with van der Waals surface area (Å²) >= 11 is 15.6. The predicted octanol–water partition coefficient (Wildman–Crippen LogP) is 3.33. The van der Waals surface area contributed by atoms with Crippen LogP contribution < -0.4 is 0 Å². The van der Waals surface area contributed by atoms with Gasteiger partial charge in [0.15, 0.2) is 0 Å². The summed E-state index contributed by atoms with van der Waals surface area (Å²) in [5, 5.41) is 0.815. The second-order valence-electron chi connectivity index (χ2n) is 2.09. The lowest BCUT2D eigenvalue weighted by Gasteiger charge is -1.97. The Morgan fingerprint density at radius 2 is 2.25 bits per heavy atom. The molecule has 0 aliphatic rings. The number of thiol groups is 1. The van der Waals surface area contributed by atoms with E-state index in [2.05, 4.69) is 17.6 Å². The Morgan fingerprint density at radius 1 is 1.50 bits per heavy atom. The molecule has 1 heterocycles. The normalized spacial score (nSPS) is 10.9. The highest BCUT2D eigenvalue weighted by Crippen LogP contribution is 2.23. The van der Waals surface area contributed by atoms with E-state index in [0.717, 1.165) is 5.56 Å². The van der Waals surface area contributed by atoms with Crippen molar-refractivity contribution in [2.45, 2.75) is 0 Å².